The van der Waals surface area contributed by atoms with Crippen LogP contribution in [0.25, 0.3) is 0 Å². The number of benzene rings is 3. The lowest BCUT2D eigenvalue weighted by Gasteiger charge is -2.28. The van der Waals surface area contributed by atoms with E-state index in [1.807, 2.05) is 86.6 Å². The highest BCUT2D eigenvalue weighted by Crippen LogP contribution is 2.36. The van der Waals surface area contributed by atoms with Crippen LogP contribution in [0.2, 0.25) is 0 Å². The lowest BCUT2D eigenvalue weighted by molar-refractivity contribution is -0.130. The Morgan fingerprint density at radius 1 is 0.786 bits per heavy atom. The average Bonchev–Trinajstić information content (AvgIpc) is 2.94. The molecule has 140 valence electrons. The van der Waals surface area contributed by atoms with Gasteiger partial charge in [0.1, 0.15) is 0 Å². The number of hydrogen-bond donors (Lipinski definition) is 1. The molecule has 1 saturated heterocycles. The molecule has 1 aliphatic heterocycles. The van der Waals surface area contributed by atoms with Crippen LogP contribution in [0.15, 0.2) is 78.9 Å². The number of urea groups is 1. The third-order valence-corrected chi connectivity index (χ3v) is 5.14. The number of nitrogens with one attached hydrogen (secondary N) is 1. The van der Waals surface area contributed by atoms with Crippen molar-refractivity contribution >= 4 is 11.9 Å². The normalized spacial score (nSPS) is 15.6. The third kappa shape index (κ3) is 2.97. The molecule has 0 atom stereocenters. The molecule has 4 rings (SSSR count). The summed E-state index contributed by atoms with van der Waals surface area (Å²) in [6.45, 7) is 4.27. The first-order valence-corrected chi connectivity index (χ1v) is 9.33. The van der Waals surface area contributed by atoms with E-state index in [2.05, 4.69) is 11.4 Å². The molecule has 1 fully saturated rings. The van der Waals surface area contributed by atoms with Crippen molar-refractivity contribution in [2.45, 2.75) is 25.9 Å². The maximum absolute atomic E-state index is 13.7. The predicted octanol–water partition coefficient (Wildman–Crippen LogP) is 4.30. The summed E-state index contributed by atoms with van der Waals surface area (Å²) < 4.78 is 0. The molecule has 4 heteroatoms. The number of nitrogens with zero attached hydrogens (tertiary/aromatic N) is 1. The van der Waals surface area contributed by atoms with Gasteiger partial charge in [0.15, 0.2) is 5.54 Å². The molecule has 3 amide bonds. The largest absolute Gasteiger partial charge is 0.325 e. The molecule has 4 nitrogen and oxygen atoms in total. The van der Waals surface area contributed by atoms with Crippen molar-refractivity contribution in [1.82, 2.24) is 10.2 Å². The Hall–Kier alpha value is -3.40. The Bertz CT molecular complexity index is 969. The van der Waals surface area contributed by atoms with E-state index in [1.165, 1.54) is 4.90 Å². The Labute approximate surface area is 164 Å². The van der Waals surface area contributed by atoms with E-state index in [-0.39, 0.29) is 18.5 Å². The van der Waals surface area contributed by atoms with E-state index in [1.54, 1.807) is 0 Å². The van der Waals surface area contributed by atoms with Crippen LogP contribution in [0.4, 0.5) is 4.79 Å². The molecule has 0 spiro atoms. The topological polar surface area (TPSA) is 49.4 Å². The maximum atomic E-state index is 13.7. The Morgan fingerprint density at radius 3 is 1.79 bits per heavy atom. The maximum Gasteiger partial charge on any atom is 0.325 e. The minimum Gasteiger partial charge on any atom is -0.315 e. The highest BCUT2D eigenvalue weighted by Gasteiger charge is 2.53. The number of carbonyl (C=O) groups is 2. The first-order valence-electron chi connectivity index (χ1n) is 9.33. The molecule has 3 aromatic carbocycles. The van der Waals surface area contributed by atoms with Crippen molar-refractivity contribution < 1.29 is 9.59 Å². The van der Waals surface area contributed by atoms with Gasteiger partial charge in [-0.2, -0.15) is 0 Å². The average molecular weight is 370 g/mol. The summed E-state index contributed by atoms with van der Waals surface area (Å²) in [5.41, 5.74) is 3.46. The quantitative estimate of drug-likeness (QED) is 0.696. The molecule has 28 heavy (non-hydrogen) atoms. The number of imide groups is 1. The van der Waals surface area contributed by atoms with Crippen molar-refractivity contribution in [3.8, 4) is 0 Å². The molecule has 0 aliphatic carbocycles. The van der Waals surface area contributed by atoms with Gasteiger partial charge in [-0.25, -0.2) is 4.79 Å². The molecule has 1 heterocycles. The fourth-order valence-electron chi connectivity index (χ4n) is 4.00. The second-order valence-corrected chi connectivity index (χ2v) is 7.30. The summed E-state index contributed by atoms with van der Waals surface area (Å²) in [5, 5.41) is 2.99. The van der Waals surface area contributed by atoms with Crippen molar-refractivity contribution in [3.05, 3.63) is 107 Å². The van der Waals surface area contributed by atoms with Gasteiger partial charge >= 0.3 is 6.03 Å². The zero-order valence-electron chi connectivity index (χ0n) is 16.0. The highest BCUT2D eigenvalue weighted by atomic mass is 16.2. The van der Waals surface area contributed by atoms with Crippen LogP contribution in [0.3, 0.4) is 0 Å². The van der Waals surface area contributed by atoms with Crippen LogP contribution >= 0.6 is 0 Å². The minimum absolute atomic E-state index is 0.245. The van der Waals surface area contributed by atoms with Crippen LogP contribution in [-0.2, 0) is 16.9 Å². The van der Waals surface area contributed by atoms with Crippen LogP contribution in [-0.4, -0.2) is 16.8 Å². The Balaban J connectivity index is 1.79. The minimum atomic E-state index is -1.21. The van der Waals surface area contributed by atoms with Gasteiger partial charge in [-0.15, -0.1) is 0 Å². The summed E-state index contributed by atoms with van der Waals surface area (Å²) in [7, 11) is 0. The fraction of sp³-hybridized carbons (Fsp3) is 0.167. The van der Waals surface area contributed by atoms with E-state index in [0.717, 1.165) is 27.8 Å². The van der Waals surface area contributed by atoms with Gasteiger partial charge in [-0.3, -0.25) is 9.69 Å². The number of amides is 3. The smallest absolute Gasteiger partial charge is 0.315 e. The van der Waals surface area contributed by atoms with Crippen molar-refractivity contribution in [1.29, 1.82) is 0 Å². The highest BCUT2D eigenvalue weighted by molar-refractivity contribution is 6.09. The van der Waals surface area contributed by atoms with Crippen molar-refractivity contribution in [3.63, 3.8) is 0 Å². The predicted molar refractivity (Wildman–Crippen MR) is 109 cm³/mol. The summed E-state index contributed by atoms with van der Waals surface area (Å²) >= 11 is 0. The van der Waals surface area contributed by atoms with Crippen LogP contribution < -0.4 is 5.32 Å². The second kappa shape index (κ2) is 6.97. The Morgan fingerprint density at radius 2 is 1.29 bits per heavy atom. The van der Waals surface area contributed by atoms with E-state index in [4.69, 9.17) is 0 Å². The summed E-state index contributed by atoms with van der Waals surface area (Å²) in [6, 6.07) is 24.6. The van der Waals surface area contributed by atoms with Gasteiger partial charge in [0.25, 0.3) is 5.91 Å². The van der Waals surface area contributed by atoms with Crippen molar-refractivity contribution in [2.24, 2.45) is 0 Å². The zero-order chi connectivity index (χ0) is 19.7. The molecule has 1 N–H and O–H groups in total. The molecule has 0 unspecified atom stereocenters. The molecular formula is C24H22N2O2. The third-order valence-electron chi connectivity index (χ3n) is 5.14. The molecule has 0 radical (unpaired) electrons. The van der Waals surface area contributed by atoms with Crippen LogP contribution in [0, 0.1) is 13.8 Å². The van der Waals surface area contributed by atoms with Gasteiger partial charge in [0.05, 0.1) is 6.54 Å². The summed E-state index contributed by atoms with van der Waals surface area (Å²) in [4.78, 5) is 27.9. The van der Waals surface area contributed by atoms with E-state index >= 15 is 0 Å². The standard InChI is InChI=1S/C24H22N2O2/c1-17-13-18(2)15-19(14-17)16-26-22(27)24(25-23(26)28,20-9-5-3-6-10-20)21-11-7-4-8-12-21/h3-15H,16H2,1-2H3,(H,25,28). The molecule has 3 aromatic rings. The molecule has 0 bridgehead atoms. The molecular weight excluding hydrogens is 348 g/mol. The van der Waals surface area contributed by atoms with Gasteiger partial charge in [-0.05, 0) is 30.5 Å². The van der Waals surface area contributed by atoms with Gasteiger partial charge in [0, 0.05) is 0 Å². The summed E-state index contributed by atoms with van der Waals surface area (Å²) in [5.74, 6) is -0.256. The second-order valence-electron chi connectivity index (χ2n) is 7.30. The summed E-state index contributed by atoms with van der Waals surface area (Å²) in [6.07, 6.45) is 0. The van der Waals surface area contributed by atoms with Gasteiger partial charge < -0.3 is 5.32 Å². The molecule has 0 saturated carbocycles. The van der Waals surface area contributed by atoms with Crippen molar-refractivity contribution in [2.75, 3.05) is 0 Å². The number of aryl methyl sites for hydroxylation is 2. The van der Waals surface area contributed by atoms with E-state index in [0.29, 0.717) is 0 Å². The lowest BCUT2D eigenvalue weighted by Crippen LogP contribution is -2.45. The van der Waals surface area contributed by atoms with Crippen LogP contribution in [0.5, 0.6) is 0 Å². The fourth-order valence-corrected chi connectivity index (χ4v) is 4.00. The Kier molecular flexibility index (Phi) is 4.47. The van der Waals surface area contributed by atoms with Crippen LogP contribution in [0.1, 0.15) is 27.8 Å². The molecule has 1 aliphatic rings. The first kappa shape index (κ1) is 18.0. The molecule has 0 aromatic heterocycles. The van der Waals surface area contributed by atoms with E-state index in [9.17, 15) is 9.59 Å². The number of hydrogen-bond acceptors (Lipinski definition) is 2. The van der Waals surface area contributed by atoms with E-state index < -0.39 is 5.54 Å². The first-order chi connectivity index (χ1) is 13.5. The monoisotopic (exact) mass is 370 g/mol. The SMILES string of the molecule is Cc1cc(C)cc(CN2C(=O)NC(c3ccccc3)(c3ccccc3)C2=O)c1. The van der Waals surface area contributed by atoms with Gasteiger partial charge in [0.2, 0.25) is 0 Å². The lowest BCUT2D eigenvalue weighted by atomic mass is 9.82. The van der Waals surface area contributed by atoms with Gasteiger partial charge in [-0.1, -0.05) is 90.0 Å². The number of carbonyl (C=O) groups excluding carboxylic acids is 2. The number of rotatable bonds is 4. The zero-order valence-corrected chi connectivity index (χ0v) is 16.0.